The van der Waals surface area contributed by atoms with E-state index in [1.54, 1.807) is 0 Å². The summed E-state index contributed by atoms with van der Waals surface area (Å²) in [6.07, 6.45) is 4.67. The number of hydrogen-bond acceptors (Lipinski definition) is 4. The first kappa shape index (κ1) is 16.4. The van der Waals surface area contributed by atoms with Crippen molar-refractivity contribution in [2.45, 2.75) is 57.3 Å². The van der Waals surface area contributed by atoms with E-state index in [0.29, 0.717) is 0 Å². The summed E-state index contributed by atoms with van der Waals surface area (Å²) in [5, 5.41) is 6.14. The molecule has 4 rings (SSSR count). The van der Waals surface area contributed by atoms with Crippen LogP contribution in [0.5, 0.6) is 0 Å². The fourth-order valence-corrected chi connectivity index (χ4v) is 3.74. The zero-order valence-electron chi connectivity index (χ0n) is 14.4. The zero-order valence-corrected chi connectivity index (χ0v) is 14.4. The first-order chi connectivity index (χ1) is 12.2. The Morgan fingerprint density at radius 2 is 2.08 bits per heavy atom. The van der Waals surface area contributed by atoms with Gasteiger partial charge in [-0.1, -0.05) is 12.1 Å². The molecule has 134 valence electrons. The third kappa shape index (κ3) is 3.63. The Bertz CT molecular complexity index is 672. The van der Waals surface area contributed by atoms with E-state index in [-0.39, 0.29) is 30.7 Å². The molecular weight excluding hydrogens is 318 g/mol. The van der Waals surface area contributed by atoms with Crippen LogP contribution in [0.2, 0.25) is 0 Å². The van der Waals surface area contributed by atoms with Gasteiger partial charge in [0.2, 0.25) is 0 Å². The molecule has 0 radical (unpaired) electrons. The quantitative estimate of drug-likeness (QED) is 0.879. The van der Waals surface area contributed by atoms with Gasteiger partial charge in [-0.25, -0.2) is 4.79 Å². The molecule has 1 saturated heterocycles. The Kier molecular flexibility index (Phi) is 4.61. The van der Waals surface area contributed by atoms with E-state index >= 15 is 0 Å². The molecule has 0 spiro atoms. The molecule has 1 saturated carbocycles. The van der Waals surface area contributed by atoms with Crippen molar-refractivity contribution in [3.63, 3.8) is 0 Å². The Morgan fingerprint density at radius 1 is 1.20 bits per heavy atom. The molecule has 1 aromatic carbocycles. The van der Waals surface area contributed by atoms with Crippen molar-refractivity contribution < 1.29 is 14.3 Å². The molecule has 1 unspecified atom stereocenters. The largest absolute Gasteiger partial charge is 0.447 e. The Morgan fingerprint density at radius 3 is 2.92 bits per heavy atom. The number of rotatable bonds is 4. The van der Waals surface area contributed by atoms with Crippen LogP contribution in [-0.2, 0) is 17.8 Å². The second-order valence-electron chi connectivity index (χ2n) is 7.21. The third-order valence-corrected chi connectivity index (χ3v) is 5.31. The summed E-state index contributed by atoms with van der Waals surface area (Å²) in [5.41, 5.74) is 3.11. The lowest BCUT2D eigenvalue weighted by atomic mass is 9.98. The van der Waals surface area contributed by atoms with Gasteiger partial charge in [0.15, 0.2) is 0 Å². The topological polar surface area (TPSA) is 70.7 Å². The molecule has 1 atom stereocenters. The molecule has 6 nitrogen and oxygen atoms in total. The Balaban J connectivity index is 1.44. The van der Waals surface area contributed by atoms with Crippen LogP contribution in [0, 0.1) is 0 Å². The fraction of sp³-hybridized carbons (Fsp3) is 0.579. The first-order valence-electron chi connectivity index (χ1n) is 9.28. The maximum Gasteiger partial charge on any atom is 0.407 e. The van der Waals surface area contributed by atoms with Gasteiger partial charge >= 0.3 is 6.09 Å². The van der Waals surface area contributed by atoms with Gasteiger partial charge in [-0.2, -0.15) is 0 Å². The smallest absolute Gasteiger partial charge is 0.407 e. The third-order valence-electron chi connectivity index (χ3n) is 5.31. The highest BCUT2D eigenvalue weighted by Gasteiger charge is 2.31. The van der Waals surface area contributed by atoms with Gasteiger partial charge in [0.05, 0.1) is 6.04 Å². The van der Waals surface area contributed by atoms with Crippen molar-refractivity contribution in [1.29, 1.82) is 0 Å². The number of nitrogens with zero attached hydrogens (tertiary/aromatic N) is 1. The number of hydrogen-bond donors (Lipinski definition) is 2. The number of piperidine rings is 1. The lowest BCUT2D eigenvalue weighted by Gasteiger charge is -2.35. The highest BCUT2D eigenvalue weighted by atomic mass is 16.5. The van der Waals surface area contributed by atoms with Crippen LogP contribution in [0.3, 0.4) is 0 Å². The Hall–Kier alpha value is -2.08. The van der Waals surface area contributed by atoms with E-state index in [1.165, 1.54) is 5.56 Å². The highest BCUT2D eigenvalue weighted by Crippen LogP contribution is 2.25. The van der Waals surface area contributed by atoms with Crippen LogP contribution in [0.4, 0.5) is 4.79 Å². The minimum absolute atomic E-state index is 0.0311. The monoisotopic (exact) mass is 343 g/mol. The molecule has 0 aromatic heterocycles. The van der Waals surface area contributed by atoms with Crippen LogP contribution in [0.25, 0.3) is 0 Å². The summed E-state index contributed by atoms with van der Waals surface area (Å²) in [4.78, 5) is 26.8. The van der Waals surface area contributed by atoms with Gasteiger partial charge < -0.3 is 20.3 Å². The average molecular weight is 343 g/mol. The molecule has 2 fully saturated rings. The second-order valence-corrected chi connectivity index (χ2v) is 7.21. The van der Waals surface area contributed by atoms with Crippen molar-refractivity contribution in [2.24, 2.45) is 0 Å². The number of ether oxygens (including phenoxy) is 1. The minimum Gasteiger partial charge on any atom is -0.447 e. The van der Waals surface area contributed by atoms with E-state index < -0.39 is 0 Å². The van der Waals surface area contributed by atoms with E-state index in [2.05, 4.69) is 16.7 Å². The fourth-order valence-electron chi connectivity index (χ4n) is 3.74. The van der Waals surface area contributed by atoms with Crippen molar-refractivity contribution >= 4 is 12.0 Å². The van der Waals surface area contributed by atoms with Gasteiger partial charge in [-0.05, 0) is 49.3 Å². The minimum atomic E-state index is -0.356. The van der Waals surface area contributed by atoms with Crippen molar-refractivity contribution in [3.05, 3.63) is 34.9 Å². The molecule has 3 aliphatic rings. The summed E-state index contributed by atoms with van der Waals surface area (Å²) in [6, 6.07) is 6.20. The number of carbonyl (C=O) groups excluding carboxylic acids is 2. The molecule has 2 N–H and O–H groups in total. The predicted octanol–water partition coefficient (Wildman–Crippen LogP) is 2.17. The number of alkyl carbamates (subject to hydrolysis) is 1. The molecule has 2 heterocycles. The number of amides is 2. The van der Waals surface area contributed by atoms with Gasteiger partial charge in [0.1, 0.15) is 6.61 Å². The summed E-state index contributed by atoms with van der Waals surface area (Å²) < 4.78 is 5.38. The first-order valence-corrected chi connectivity index (χ1v) is 9.28. The molecule has 6 heteroatoms. The van der Waals surface area contributed by atoms with Crippen LogP contribution in [0.1, 0.15) is 53.6 Å². The molecule has 1 aliphatic carbocycles. The number of carbonyl (C=O) groups is 2. The maximum atomic E-state index is 13.1. The summed E-state index contributed by atoms with van der Waals surface area (Å²) in [7, 11) is 0. The SMILES string of the molecule is O=C(NC1CC1)OCC1CCCCN1C(=O)c1cccc2c1CNC2. The number of nitrogens with one attached hydrogen (secondary N) is 2. The molecular formula is C19H25N3O3. The van der Waals surface area contributed by atoms with Crippen molar-refractivity contribution in [2.75, 3.05) is 13.2 Å². The van der Waals surface area contributed by atoms with Gasteiger partial charge in [0.25, 0.3) is 5.91 Å². The highest BCUT2D eigenvalue weighted by molar-refractivity contribution is 5.96. The zero-order chi connectivity index (χ0) is 17.2. The summed E-state index contributed by atoms with van der Waals surface area (Å²) in [6.45, 7) is 2.58. The number of fused-ring (bicyclic) bond motifs is 1. The summed E-state index contributed by atoms with van der Waals surface area (Å²) in [5.74, 6) is 0.0662. The Labute approximate surface area is 147 Å². The van der Waals surface area contributed by atoms with Crippen LogP contribution in [0.15, 0.2) is 18.2 Å². The molecule has 2 amide bonds. The maximum absolute atomic E-state index is 13.1. The standard InChI is InChI=1S/C19H25N3O3/c23-18(16-6-3-4-13-10-20-11-17(13)16)22-9-2-1-5-15(22)12-25-19(24)21-14-7-8-14/h3-4,6,14-15,20H,1-2,5,7-12H2,(H,21,24). The normalized spacial score (nSPS) is 22.4. The lowest BCUT2D eigenvalue weighted by molar-refractivity contribution is 0.0447. The van der Waals surface area contributed by atoms with E-state index in [9.17, 15) is 9.59 Å². The van der Waals surface area contributed by atoms with Crippen molar-refractivity contribution in [1.82, 2.24) is 15.5 Å². The number of benzene rings is 1. The van der Waals surface area contributed by atoms with E-state index in [0.717, 1.165) is 62.9 Å². The van der Waals surface area contributed by atoms with Gasteiger partial charge in [0, 0.05) is 31.2 Å². The van der Waals surface area contributed by atoms with Crippen LogP contribution < -0.4 is 10.6 Å². The van der Waals surface area contributed by atoms with Crippen molar-refractivity contribution in [3.8, 4) is 0 Å². The predicted molar refractivity (Wildman–Crippen MR) is 93.2 cm³/mol. The van der Waals surface area contributed by atoms with Crippen LogP contribution in [-0.4, -0.2) is 42.1 Å². The molecule has 25 heavy (non-hydrogen) atoms. The van der Waals surface area contributed by atoms with E-state index in [1.807, 2.05) is 17.0 Å². The molecule has 0 bridgehead atoms. The molecule has 2 aliphatic heterocycles. The molecule has 1 aromatic rings. The summed E-state index contributed by atoms with van der Waals surface area (Å²) >= 11 is 0. The average Bonchev–Trinajstić information content (AvgIpc) is 3.31. The van der Waals surface area contributed by atoms with E-state index in [4.69, 9.17) is 4.74 Å². The van der Waals surface area contributed by atoms with Gasteiger partial charge in [-0.15, -0.1) is 0 Å². The second kappa shape index (κ2) is 7.04. The lowest BCUT2D eigenvalue weighted by Crippen LogP contribution is -2.47. The van der Waals surface area contributed by atoms with Crippen LogP contribution >= 0.6 is 0 Å². The van der Waals surface area contributed by atoms with Gasteiger partial charge in [-0.3, -0.25) is 4.79 Å². The number of likely N-dealkylation sites (tertiary alicyclic amines) is 1.